The van der Waals surface area contributed by atoms with E-state index in [1.165, 1.54) is 11.8 Å². The first-order valence-corrected chi connectivity index (χ1v) is 10.6. The van der Waals surface area contributed by atoms with Crippen LogP contribution in [0.15, 0.2) is 47.6 Å². The van der Waals surface area contributed by atoms with Crippen LogP contribution in [0.4, 0.5) is 11.4 Å². The summed E-state index contributed by atoms with van der Waals surface area (Å²) in [6.45, 7) is 5.88. The van der Waals surface area contributed by atoms with Crippen molar-refractivity contribution >= 4 is 35.0 Å². The van der Waals surface area contributed by atoms with Crippen LogP contribution in [0.1, 0.15) is 22.5 Å². The number of para-hydroxylation sites is 1. The third-order valence-corrected chi connectivity index (χ3v) is 5.68. The van der Waals surface area contributed by atoms with Crippen molar-refractivity contribution in [2.24, 2.45) is 7.05 Å². The van der Waals surface area contributed by atoms with E-state index in [9.17, 15) is 9.59 Å². The predicted molar refractivity (Wildman–Crippen MR) is 120 cm³/mol. The summed E-state index contributed by atoms with van der Waals surface area (Å²) in [7, 11) is 1.79. The van der Waals surface area contributed by atoms with Crippen molar-refractivity contribution in [2.75, 3.05) is 16.4 Å². The normalized spacial score (nSPS) is 10.7. The number of aromatic nitrogens is 3. The molecule has 0 bridgehead atoms. The van der Waals surface area contributed by atoms with Crippen molar-refractivity contribution in [3.05, 3.63) is 65.0 Å². The predicted octanol–water partition coefficient (Wildman–Crippen LogP) is 3.65. The first-order chi connectivity index (χ1) is 14.3. The molecule has 0 atom stereocenters. The number of carbonyl (C=O) groups excluding carboxylic acids is 2. The van der Waals surface area contributed by atoms with E-state index >= 15 is 0 Å². The molecule has 30 heavy (non-hydrogen) atoms. The lowest BCUT2D eigenvalue weighted by atomic mass is 10.1. The number of nitrogens with one attached hydrogen (secondary N) is 2. The lowest BCUT2D eigenvalue weighted by Gasteiger charge is -2.09. The van der Waals surface area contributed by atoms with Gasteiger partial charge in [-0.2, -0.15) is 0 Å². The SMILES string of the molecule is Cc1ccc(C)c(NC(=O)CSc2nnc(CC(=O)Nc3ccccc3C)n2C)c1. The van der Waals surface area contributed by atoms with Crippen LogP contribution in [0.2, 0.25) is 0 Å². The van der Waals surface area contributed by atoms with Crippen LogP contribution in [0.3, 0.4) is 0 Å². The molecule has 0 saturated carbocycles. The Bertz CT molecular complexity index is 1080. The fourth-order valence-corrected chi connectivity index (χ4v) is 3.59. The van der Waals surface area contributed by atoms with Crippen molar-refractivity contribution in [3.63, 3.8) is 0 Å². The highest BCUT2D eigenvalue weighted by Gasteiger charge is 2.15. The van der Waals surface area contributed by atoms with Crippen molar-refractivity contribution in [1.29, 1.82) is 0 Å². The van der Waals surface area contributed by atoms with Gasteiger partial charge in [0, 0.05) is 18.4 Å². The number of aryl methyl sites for hydroxylation is 3. The third-order valence-electron chi connectivity index (χ3n) is 4.66. The second-order valence-corrected chi connectivity index (χ2v) is 8.10. The molecule has 3 rings (SSSR count). The Morgan fingerprint density at radius 2 is 1.63 bits per heavy atom. The maximum absolute atomic E-state index is 12.4. The average Bonchev–Trinajstić information content (AvgIpc) is 3.04. The topological polar surface area (TPSA) is 88.9 Å². The highest BCUT2D eigenvalue weighted by molar-refractivity contribution is 7.99. The smallest absolute Gasteiger partial charge is 0.234 e. The molecule has 0 fully saturated rings. The van der Waals surface area contributed by atoms with Crippen molar-refractivity contribution in [3.8, 4) is 0 Å². The zero-order valence-corrected chi connectivity index (χ0v) is 18.3. The third kappa shape index (κ3) is 5.48. The largest absolute Gasteiger partial charge is 0.325 e. The number of benzene rings is 2. The number of nitrogens with zero attached hydrogens (tertiary/aromatic N) is 3. The Morgan fingerprint density at radius 3 is 2.40 bits per heavy atom. The highest BCUT2D eigenvalue weighted by atomic mass is 32.2. The molecular weight excluding hydrogens is 398 g/mol. The van der Waals surface area contributed by atoms with E-state index in [0.717, 1.165) is 28.1 Å². The number of anilines is 2. The van der Waals surface area contributed by atoms with Crippen LogP contribution in [0, 0.1) is 20.8 Å². The van der Waals surface area contributed by atoms with Gasteiger partial charge in [0.1, 0.15) is 5.82 Å². The van der Waals surface area contributed by atoms with E-state index in [2.05, 4.69) is 20.8 Å². The minimum absolute atomic E-state index is 0.104. The summed E-state index contributed by atoms with van der Waals surface area (Å²) in [4.78, 5) is 24.7. The second-order valence-electron chi connectivity index (χ2n) is 7.15. The van der Waals surface area contributed by atoms with Crippen LogP contribution in [0.5, 0.6) is 0 Å². The van der Waals surface area contributed by atoms with Gasteiger partial charge >= 0.3 is 0 Å². The summed E-state index contributed by atoms with van der Waals surface area (Å²) >= 11 is 1.28. The zero-order chi connectivity index (χ0) is 21.7. The second kappa shape index (κ2) is 9.58. The molecule has 7 nitrogen and oxygen atoms in total. The van der Waals surface area contributed by atoms with Gasteiger partial charge in [-0.1, -0.05) is 42.1 Å². The minimum atomic E-state index is -0.163. The molecule has 3 aromatic rings. The van der Waals surface area contributed by atoms with Crippen LogP contribution in [-0.2, 0) is 23.1 Å². The van der Waals surface area contributed by atoms with E-state index in [-0.39, 0.29) is 24.0 Å². The molecule has 1 aromatic heterocycles. The fourth-order valence-electron chi connectivity index (χ4n) is 2.86. The molecule has 8 heteroatoms. The van der Waals surface area contributed by atoms with E-state index in [1.807, 2.05) is 63.2 Å². The van der Waals surface area contributed by atoms with Gasteiger partial charge in [-0.25, -0.2) is 0 Å². The molecule has 156 valence electrons. The van der Waals surface area contributed by atoms with E-state index < -0.39 is 0 Å². The molecule has 0 spiro atoms. The number of thioether (sulfide) groups is 1. The maximum Gasteiger partial charge on any atom is 0.234 e. The summed E-state index contributed by atoms with van der Waals surface area (Å²) in [5.74, 6) is 0.465. The summed E-state index contributed by atoms with van der Waals surface area (Å²) in [6.07, 6.45) is 0.104. The van der Waals surface area contributed by atoms with Crippen molar-refractivity contribution in [2.45, 2.75) is 32.3 Å². The van der Waals surface area contributed by atoms with Crippen LogP contribution < -0.4 is 10.6 Å². The molecule has 0 unspecified atom stereocenters. The van der Waals surface area contributed by atoms with Gasteiger partial charge in [-0.05, 0) is 49.6 Å². The minimum Gasteiger partial charge on any atom is -0.325 e. The number of amides is 2. The van der Waals surface area contributed by atoms with Gasteiger partial charge in [-0.3, -0.25) is 9.59 Å². The quantitative estimate of drug-likeness (QED) is 0.566. The summed E-state index contributed by atoms with van der Waals surface area (Å²) in [6, 6.07) is 13.5. The number of hydrogen-bond donors (Lipinski definition) is 2. The molecular formula is C22H25N5O2S. The maximum atomic E-state index is 12.4. The average molecular weight is 424 g/mol. The lowest BCUT2D eigenvalue weighted by molar-refractivity contribution is -0.116. The van der Waals surface area contributed by atoms with Crippen LogP contribution >= 0.6 is 11.8 Å². The summed E-state index contributed by atoms with van der Waals surface area (Å²) in [5.41, 5.74) is 4.69. The zero-order valence-electron chi connectivity index (χ0n) is 17.5. The Hall–Kier alpha value is -3.13. The number of hydrogen-bond acceptors (Lipinski definition) is 5. The van der Waals surface area contributed by atoms with E-state index in [0.29, 0.717) is 11.0 Å². The first-order valence-electron chi connectivity index (χ1n) is 9.57. The molecule has 2 amide bonds. The van der Waals surface area contributed by atoms with E-state index in [1.54, 1.807) is 11.6 Å². The Balaban J connectivity index is 1.56. The molecule has 0 aliphatic rings. The first kappa shape index (κ1) is 21.6. The molecule has 2 aromatic carbocycles. The molecule has 0 radical (unpaired) electrons. The van der Waals surface area contributed by atoms with Gasteiger partial charge < -0.3 is 15.2 Å². The molecule has 0 aliphatic carbocycles. The van der Waals surface area contributed by atoms with Crippen molar-refractivity contribution < 1.29 is 9.59 Å². The Morgan fingerprint density at radius 1 is 0.933 bits per heavy atom. The standard InChI is InChI=1S/C22H25N5O2S/c1-14-9-10-16(3)18(11-14)24-21(29)13-30-22-26-25-19(27(22)4)12-20(28)23-17-8-6-5-7-15(17)2/h5-11H,12-13H2,1-4H3,(H,23,28)(H,24,29). The molecule has 2 N–H and O–H groups in total. The van der Waals surface area contributed by atoms with Gasteiger partial charge in [-0.15, -0.1) is 10.2 Å². The molecule has 1 heterocycles. The highest BCUT2D eigenvalue weighted by Crippen LogP contribution is 2.20. The monoisotopic (exact) mass is 423 g/mol. The van der Waals surface area contributed by atoms with Gasteiger partial charge in [0.15, 0.2) is 5.16 Å². The fraction of sp³-hybridized carbons (Fsp3) is 0.273. The van der Waals surface area contributed by atoms with Gasteiger partial charge in [0.2, 0.25) is 11.8 Å². The lowest BCUT2D eigenvalue weighted by Crippen LogP contribution is -2.18. The summed E-state index contributed by atoms with van der Waals surface area (Å²) in [5, 5.41) is 14.6. The van der Waals surface area contributed by atoms with E-state index in [4.69, 9.17) is 0 Å². The Kier molecular flexibility index (Phi) is 6.89. The van der Waals surface area contributed by atoms with Crippen LogP contribution in [0.25, 0.3) is 0 Å². The van der Waals surface area contributed by atoms with Crippen LogP contribution in [-0.4, -0.2) is 32.3 Å². The van der Waals surface area contributed by atoms with Crippen molar-refractivity contribution in [1.82, 2.24) is 14.8 Å². The van der Waals surface area contributed by atoms with Gasteiger partial charge in [0.05, 0.1) is 12.2 Å². The molecule has 0 saturated heterocycles. The number of carbonyl (C=O) groups is 2. The summed E-state index contributed by atoms with van der Waals surface area (Å²) < 4.78 is 1.74. The number of rotatable bonds is 7. The molecule has 0 aliphatic heterocycles. The Labute approximate surface area is 180 Å². The van der Waals surface area contributed by atoms with Gasteiger partial charge in [0.25, 0.3) is 0 Å².